The largest absolute Gasteiger partial charge is 0.273 e. The maximum Gasteiger partial charge on any atom is 0.273 e. The van der Waals surface area contributed by atoms with Gasteiger partial charge in [-0.25, -0.2) is 13.5 Å². The van der Waals surface area contributed by atoms with Crippen molar-refractivity contribution >= 4 is 27.0 Å². The number of hydrogen-bond donors (Lipinski definition) is 1. The van der Waals surface area contributed by atoms with Gasteiger partial charge >= 0.3 is 0 Å². The van der Waals surface area contributed by atoms with Crippen molar-refractivity contribution in [2.45, 2.75) is 17.1 Å². The summed E-state index contributed by atoms with van der Waals surface area (Å²) in [7, 11) is -3.62. The number of fused-ring (bicyclic) bond motifs is 1. The number of rotatable bonds is 3. The molecule has 3 aromatic rings. The van der Waals surface area contributed by atoms with Gasteiger partial charge in [0, 0.05) is 23.6 Å². The zero-order valence-corrected chi connectivity index (χ0v) is 14.8. The van der Waals surface area contributed by atoms with Crippen LogP contribution in [0.1, 0.15) is 12.0 Å². The Labute approximate surface area is 148 Å². The van der Waals surface area contributed by atoms with Gasteiger partial charge in [0.1, 0.15) is 4.21 Å². The number of aromatic amines is 1. The summed E-state index contributed by atoms with van der Waals surface area (Å²) >= 11 is 1.16. The van der Waals surface area contributed by atoms with E-state index in [1.165, 1.54) is 10.4 Å². The van der Waals surface area contributed by atoms with Crippen molar-refractivity contribution in [3.8, 4) is 11.3 Å². The molecule has 0 atom stereocenters. The van der Waals surface area contributed by atoms with Crippen LogP contribution in [0.25, 0.3) is 11.3 Å². The highest BCUT2D eigenvalue weighted by Crippen LogP contribution is 2.35. The molecule has 0 saturated carbocycles. The predicted octanol–water partition coefficient (Wildman–Crippen LogP) is 2.64. The fourth-order valence-electron chi connectivity index (χ4n) is 2.95. The average molecular weight is 373 g/mol. The molecule has 0 saturated heterocycles. The van der Waals surface area contributed by atoms with Gasteiger partial charge in [0.25, 0.3) is 15.6 Å². The predicted molar refractivity (Wildman–Crippen MR) is 97.5 cm³/mol. The Balaban J connectivity index is 1.73. The van der Waals surface area contributed by atoms with E-state index in [2.05, 4.69) is 10.2 Å². The van der Waals surface area contributed by atoms with Crippen LogP contribution in [-0.2, 0) is 16.4 Å². The van der Waals surface area contributed by atoms with Crippen molar-refractivity contribution in [1.29, 1.82) is 0 Å². The summed E-state index contributed by atoms with van der Waals surface area (Å²) in [6.45, 7) is 0.476. The first-order valence-corrected chi connectivity index (χ1v) is 10.1. The second kappa shape index (κ2) is 6.12. The first-order valence-electron chi connectivity index (χ1n) is 7.81. The number of nitrogens with zero attached hydrogens (tertiary/aromatic N) is 2. The first-order chi connectivity index (χ1) is 12.1. The average Bonchev–Trinajstić information content (AvgIpc) is 3.13. The molecule has 0 spiro atoms. The number of sulfonamides is 1. The molecule has 0 amide bonds. The summed E-state index contributed by atoms with van der Waals surface area (Å²) in [5.41, 5.74) is 2.72. The van der Waals surface area contributed by atoms with Crippen LogP contribution >= 0.6 is 11.3 Å². The topological polar surface area (TPSA) is 83.1 Å². The summed E-state index contributed by atoms with van der Waals surface area (Å²) in [5.74, 6) is 0. The third kappa shape index (κ3) is 2.87. The Morgan fingerprint density at radius 1 is 1.16 bits per heavy atom. The number of aromatic nitrogens is 2. The number of benzene rings is 1. The van der Waals surface area contributed by atoms with E-state index in [0.717, 1.165) is 35.4 Å². The van der Waals surface area contributed by atoms with E-state index >= 15 is 0 Å². The van der Waals surface area contributed by atoms with Gasteiger partial charge in [-0.3, -0.25) is 9.10 Å². The van der Waals surface area contributed by atoms with Gasteiger partial charge in [-0.05, 0) is 36.6 Å². The van der Waals surface area contributed by atoms with Crippen molar-refractivity contribution in [3.63, 3.8) is 0 Å². The Kier molecular flexibility index (Phi) is 3.93. The van der Waals surface area contributed by atoms with E-state index in [4.69, 9.17) is 0 Å². The molecule has 0 fully saturated rings. The summed E-state index contributed by atoms with van der Waals surface area (Å²) in [5, 5.41) is 8.05. The van der Waals surface area contributed by atoms with Crippen LogP contribution in [0.15, 0.2) is 56.8 Å². The molecule has 8 heteroatoms. The molecule has 1 aliphatic rings. The van der Waals surface area contributed by atoms with E-state index in [-0.39, 0.29) is 9.77 Å². The molecule has 1 aromatic carbocycles. The van der Waals surface area contributed by atoms with Gasteiger partial charge in [0.15, 0.2) is 0 Å². The molecule has 1 aliphatic heterocycles. The highest BCUT2D eigenvalue weighted by molar-refractivity contribution is 7.94. The van der Waals surface area contributed by atoms with E-state index in [9.17, 15) is 13.2 Å². The normalized spacial score (nSPS) is 14.3. The minimum atomic E-state index is -3.62. The molecule has 0 unspecified atom stereocenters. The zero-order chi connectivity index (χ0) is 17.4. The number of hydrogen-bond acceptors (Lipinski definition) is 5. The van der Waals surface area contributed by atoms with E-state index in [1.54, 1.807) is 17.5 Å². The molecule has 6 nitrogen and oxygen atoms in total. The second-order valence-electron chi connectivity index (χ2n) is 5.77. The molecule has 0 aliphatic carbocycles. The third-order valence-corrected chi connectivity index (χ3v) is 7.39. The van der Waals surface area contributed by atoms with Crippen LogP contribution < -0.4 is 9.86 Å². The number of anilines is 1. The van der Waals surface area contributed by atoms with Crippen LogP contribution in [0.3, 0.4) is 0 Å². The highest BCUT2D eigenvalue weighted by Gasteiger charge is 2.30. The second-order valence-corrected chi connectivity index (χ2v) is 8.77. The summed E-state index contributed by atoms with van der Waals surface area (Å²) in [4.78, 5) is 11.1. The number of H-pyrrole nitrogens is 1. The van der Waals surface area contributed by atoms with Crippen molar-refractivity contribution in [2.24, 2.45) is 0 Å². The zero-order valence-electron chi connectivity index (χ0n) is 13.2. The van der Waals surface area contributed by atoms with E-state index in [1.807, 2.05) is 24.3 Å². The van der Waals surface area contributed by atoms with Crippen molar-refractivity contribution in [3.05, 3.63) is 63.8 Å². The lowest BCUT2D eigenvalue weighted by Gasteiger charge is -2.29. The fourth-order valence-corrected chi connectivity index (χ4v) is 5.78. The van der Waals surface area contributed by atoms with Gasteiger partial charge in [-0.2, -0.15) is 5.10 Å². The molecule has 25 heavy (non-hydrogen) atoms. The maximum absolute atomic E-state index is 13.1. The van der Waals surface area contributed by atoms with E-state index in [0.29, 0.717) is 17.8 Å². The third-order valence-electron chi connectivity index (χ3n) is 4.16. The lowest BCUT2D eigenvalue weighted by atomic mass is 10.0. The van der Waals surface area contributed by atoms with Crippen LogP contribution in [0.4, 0.5) is 5.69 Å². The van der Waals surface area contributed by atoms with Crippen LogP contribution in [0, 0.1) is 0 Å². The van der Waals surface area contributed by atoms with Gasteiger partial charge in [0.05, 0.1) is 11.4 Å². The van der Waals surface area contributed by atoms with Gasteiger partial charge in [-0.15, -0.1) is 11.3 Å². The summed E-state index contributed by atoms with van der Waals surface area (Å²) in [6.07, 6.45) is 1.69. The van der Waals surface area contributed by atoms with Crippen molar-refractivity contribution in [2.75, 3.05) is 10.8 Å². The monoisotopic (exact) mass is 373 g/mol. The Bertz CT molecular complexity index is 1070. The molecular formula is C17H15N3O3S2. The Morgan fingerprint density at radius 2 is 2.00 bits per heavy atom. The van der Waals surface area contributed by atoms with Gasteiger partial charge < -0.3 is 0 Å². The highest BCUT2D eigenvalue weighted by atomic mass is 32.2. The maximum atomic E-state index is 13.1. The standard InChI is InChI=1S/C17H15N3O3S2/c21-16-8-7-14(18-19-16)13-10-17(24-11-13)25(22,23)20-9-3-5-12-4-1-2-6-15(12)20/h1-2,4,6-8,10-11H,3,5,9H2,(H,19,21). The van der Waals surface area contributed by atoms with Crippen molar-refractivity contribution < 1.29 is 8.42 Å². The van der Waals surface area contributed by atoms with Crippen LogP contribution in [0.5, 0.6) is 0 Å². The summed E-state index contributed by atoms with van der Waals surface area (Å²) < 4.78 is 28.0. The number of para-hydroxylation sites is 1. The molecule has 2 aromatic heterocycles. The molecule has 4 rings (SSSR count). The minimum absolute atomic E-state index is 0.271. The van der Waals surface area contributed by atoms with Crippen molar-refractivity contribution in [1.82, 2.24) is 10.2 Å². The number of thiophene rings is 1. The number of aryl methyl sites for hydroxylation is 1. The molecule has 3 heterocycles. The minimum Gasteiger partial charge on any atom is -0.268 e. The fraction of sp³-hybridized carbons (Fsp3) is 0.176. The van der Waals surface area contributed by atoms with Gasteiger partial charge in [-0.1, -0.05) is 18.2 Å². The molecule has 0 bridgehead atoms. The number of nitrogens with one attached hydrogen (secondary N) is 1. The Morgan fingerprint density at radius 3 is 2.80 bits per heavy atom. The van der Waals surface area contributed by atoms with Crippen LogP contribution in [0.2, 0.25) is 0 Å². The Hall–Kier alpha value is -2.45. The lowest BCUT2D eigenvalue weighted by Crippen LogP contribution is -2.35. The van der Waals surface area contributed by atoms with Gasteiger partial charge in [0.2, 0.25) is 0 Å². The smallest absolute Gasteiger partial charge is 0.268 e. The van der Waals surface area contributed by atoms with E-state index < -0.39 is 10.0 Å². The SMILES string of the molecule is O=c1ccc(-c2csc(S(=O)(=O)N3CCCc4ccccc43)c2)n[nH]1. The molecular weight excluding hydrogens is 358 g/mol. The molecule has 0 radical (unpaired) electrons. The lowest BCUT2D eigenvalue weighted by molar-refractivity contribution is 0.588. The molecule has 128 valence electrons. The summed E-state index contributed by atoms with van der Waals surface area (Å²) in [6, 6.07) is 12.2. The quantitative estimate of drug-likeness (QED) is 0.765. The molecule has 1 N–H and O–H groups in total. The van der Waals surface area contributed by atoms with Crippen LogP contribution in [-0.4, -0.2) is 25.2 Å². The first kappa shape index (κ1) is 16.0.